The Morgan fingerprint density at radius 3 is 2.50 bits per heavy atom. The molecule has 1 aliphatic rings. The first-order chi connectivity index (χ1) is 15.5. The molecular weight excluding hydrogens is 398 g/mol. The lowest BCUT2D eigenvalue weighted by atomic mass is 9.95. The highest BCUT2D eigenvalue weighted by molar-refractivity contribution is 6.04. The molecule has 1 amide bonds. The average molecular weight is 428 g/mol. The van der Waals surface area contributed by atoms with Crippen LogP contribution in [0.5, 0.6) is 5.75 Å². The summed E-state index contributed by atoms with van der Waals surface area (Å²) >= 11 is 0. The molecule has 0 aliphatic carbocycles. The molecule has 164 valence electrons. The largest absolute Gasteiger partial charge is 0.496 e. The number of likely N-dealkylation sites (N-methyl/N-ethyl adjacent to an activating group) is 1. The van der Waals surface area contributed by atoms with Crippen LogP contribution in [0.15, 0.2) is 77.9 Å². The summed E-state index contributed by atoms with van der Waals surface area (Å²) in [4.78, 5) is 15.4. The maximum Gasteiger partial charge on any atom is 0.262 e. The number of methoxy groups -OCH3 is 1. The highest BCUT2D eigenvalue weighted by Crippen LogP contribution is 2.38. The summed E-state index contributed by atoms with van der Waals surface area (Å²) in [5, 5.41) is 6.49. The number of anilines is 1. The molecule has 0 N–H and O–H groups in total. The number of aryl methyl sites for hydroxylation is 2. The summed E-state index contributed by atoms with van der Waals surface area (Å²) in [5.41, 5.74) is 6.35. The van der Waals surface area contributed by atoms with E-state index in [0.717, 1.165) is 28.3 Å². The third-order valence-electron chi connectivity index (χ3n) is 5.93. The van der Waals surface area contributed by atoms with E-state index in [1.807, 2.05) is 66.5 Å². The fourth-order valence-electron chi connectivity index (χ4n) is 4.27. The molecule has 1 heterocycles. The molecule has 0 spiro atoms. The number of hydrogen-bond acceptors (Lipinski definition) is 4. The van der Waals surface area contributed by atoms with Gasteiger partial charge in [0.1, 0.15) is 5.75 Å². The molecule has 0 unspecified atom stereocenters. The number of benzene rings is 3. The van der Waals surface area contributed by atoms with Crippen LogP contribution >= 0.6 is 0 Å². The van der Waals surface area contributed by atoms with Gasteiger partial charge in [-0.05, 0) is 37.6 Å². The Morgan fingerprint density at radius 2 is 1.78 bits per heavy atom. The molecule has 0 fully saturated rings. The third kappa shape index (κ3) is 4.37. The molecule has 32 heavy (non-hydrogen) atoms. The fraction of sp³-hybridized carbons (Fsp3) is 0.259. The van der Waals surface area contributed by atoms with Gasteiger partial charge < -0.3 is 9.64 Å². The van der Waals surface area contributed by atoms with Gasteiger partial charge in [0, 0.05) is 30.3 Å². The molecular formula is C27H29N3O2. The van der Waals surface area contributed by atoms with Gasteiger partial charge in [-0.1, -0.05) is 60.2 Å². The second-order valence-electron chi connectivity index (χ2n) is 8.26. The maximum absolute atomic E-state index is 13.5. The van der Waals surface area contributed by atoms with Crippen LogP contribution in [0.1, 0.15) is 34.7 Å². The van der Waals surface area contributed by atoms with E-state index in [4.69, 9.17) is 9.84 Å². The number of amides is 1. The molecule has 0 aromatic heterocycles. The number of hydrogen-bond donors (Lipinski definition) is 0. The molecule has 0 saturated carbocycles. The minimum atomic E-state index is -0.210. The van der Waals surface area contributed by atoms with Crippen molar-refractivity contribution in [3.63, 3.8) is 0 Å². The SMILES string of the molecule is COc1ccccc1[C@H]1CC(c2ccc(C)cc2C)=NN1C(=O)CN(C)c1ccccc1. The molecule has 0 bridgehead atoms. The summed E-state index contributed by atoms with van der Waals surface area (Å²) < 4.78 is 5.62. The van der Waals surface area contributed by atoms with Crippen LogP contribution < -0.4 is 9.64 Å². The van der Waals surface area contributed by atoms with Gasteiger partial charge in [0.25, 0.3) is 5.91 Å². The van der Waals surface area contributed by atoms with Gasteiger partial charge in [-0.15, -0.1) is 0 Å². The summed E-state index contributed by atoms with van der Waals surface area (Å²) in [6, 6.07) is 23.9. The third-order valence-corrected chi connectivity index (χ3v) is 5.93. The Hall–Kier alpha value is -3.60. The van der Waals surface area contributed by atoms with E-state index < -0.39 is 0 Å². The number of hydrazone groups is 1. The zero-order valence-corrected chi connectivity index (χ0v) is 19.1. The van der Waals surface area contributed by atoms with Crippen molar-refractivity contribution >= 4 is 17.3 Å². The number of ether oxygens (including phenoxy) is 1. The Morgan fingerprint density at radius 1 is 1.06 bits per heavy atom. The lowest BCUT2D eigenvalue weighted by molar-refractivity contribution is -0.131. The van der Waals surface area contributed by atoms with Crippen LogP contribution in [-0.2, 0) is 4.79 Å². The summed E-state index contributed by atoms with van der Waals surface area (Å²) in [7, 11) is 3.59. The molecule has 5 heteroatoms. The van der Waals surface area contributed by atoms with Gasteiger partial charge >= 0.3 is 0 Å². The van der Waals surface area contributed by atoms with Crippen molar-refractivity contribution in [2.24, 2.45) is 5.10 Å². The van der Waals surface area contributed by atoms with Crippen LogP contribution in [0.4, 0.5) is 5.69 Å². The van der Waals surface area contributed by atoms with Gasteiger partial charge in [0.2, 0.25) is 0 Å². The van der Waals surface area contributed by atoms with Crippen molar-refractivity contribution < 1.29 is 9.53 Å². The van der Waals surface area contributed by atoms with Gasteiger partial charge in [-0.25, -0.2) is 5.01 Å². The van der Waals surface area contributed by atoms with Gasteiger partial charge in [-0.3, -0.25) is 4.79 Å². The normalized spacial score (nSPS) is 15.4. The Kier molecular flexibility index (Phi) is 6.26. The van der Waals surface area contributed by atoms with E-state index in [1.54, 1.807) is 12.1 Å². The summed E-state index contributed by atoms with van der Waals surface area (Å²) in [5.74, 6) is 0.718. The predicted molar refractivity (Wildman–Crippen MR) is 129 cm³/mol. The monoisotopic (exact) mass is 427 g/mol. The second-order valence-corrected chi connectivity index (χ2v) is 8.26. The molecule has 0 radical (unpaired) electrons. The van der Waals surface area contributed by atoms with Crippen LogP contribution in [-0.4, -0.2) is 37.3 Å². The number of carbonyl (C=O) groups is 1. The van der Waals surface area contributed by atoms with E-state index in [1.165, 1.54) is 11.1 Å². The van der Waals surface area contributed by atoms with E-state index in [-0.39, 0.29) is 18.5 Å². The second kappa shape index (κ2) is 9.27. The summed E-state index contributed by atoms with van der Waals surface area (Å²) in [6.45, 7) is 4.41. The first kappa shape index (κ1) is 21.6. The van der Waals surface area contributed by atoms with E-state index in [9.17, 15) is 4.79 Å². The quantitative estimate of drug-likeness (QED) is 0.548. The smallest absolute Gasteiger partial charge is 0.262 e. The Labute approximate surface area is 189 Å². The number of carbonyl (C=O) groups excluding carboxylic acids is 1. The first-order valence-electron chi connectivity index (χ1n) is 10.8. The lowest BCUT2D eigenvalue weighted by Crippen LogP contribution is -2.36. The average Bonchev–Trinajstić information content (AvgIpc) is 3.24. The minimum Gasteiger partial charge on any atom is -0.496 e. The van der Waals surface area contributed by atoms with E-state index >= 15 is 0 Å². The minimum absolute atomic E-state index is 0.0491. The van der Waals surface area contributed by atoms with Crippen molar-refractivity contribution in [1.82, 2.24) is 5.01 Å². The van der Waals surface area contributed by atoms with Crippen molar-refractivity contribution in [3.05, 3.63) is 95.1 Å². The number of rotatable bonds is 6. The molecule has 5 nitrogen and oxygen atoms in total. The van der Waals surface area contributed by atoms with Gasteiger partial charge in [0.05, 0.1) is 25.4 Å². The van der Waals surface area contributed by atoms with Crippen molar-refractivity contribution in [2.45, 2.75) is 26.3 Å². The zero-order valence-electron chi connectivity index (χ0n) is 19.1. The van der Waals surface area contributed by atoms with Crippen LogP contribution in [0.3, 0.4) is 0 Å². The van der Waals surface area contributed by atoms with Crippen LogP contribution in [0, 0.1) is 13.8 Å². The lowest BCUT2D eigenvalue weighted by Gasteiger charge is -2.26. The van der Waals surface area contributed by atoms with Crippen molar-refractivity contribution in [1.29, 1.82) is 0 Å². The standard InChI is InChI=1S/C27H29N3O2/c1-19-14-15-22(20(2)16-19)24-17-25(23-12-8-9-13-26(23)32-4)30(28-24)27(31)18-29(3)21-10-6-5-7-11-21/h5-16,25H,17-18H2,1-4H3/t25-/m1/s1. The number of nitrogens with zero attached hydrogens (tertiary/aromatic N) is 3. The van der Waals surface area contributed by atoms with Gasteiger partial charge in [-0.2, -0.15) is 5.10 Å². The van der Waals surface area contributed by atoms with E-state index in [0.29, 0.717) is 6.42 Å². The first-order valence-corrected chi connectivity index (χ1v) is 10.8. The maximum atomic E-state index is 13.5. The van der Waals surface area contributed by atoms with Crippen molar-refractivity contribution in [2.75, 3.05) is 25.6 Å². The van der Waals surface area contributed by atoms with Crippen LogP contribution in [0.2, 0.25) is 0 Å². The zero-order chi connectivity index (χ0) is 22.7. The molecule has 0 saturated heterocycles. The highest BCUT2D eigenvalue weighted by Gasteiger charge is 2.35. The molecule has 3 aromatic rings. The summed E-state index contributed by atoms with van der Waals surface area (Å²) in [6.07, 6.45) is 0.644. The van der Waals surface area contributed by atoms with Gasteiger partial charge in [0.15, 0.2) is 0 Å². The fourth-order valence-corrected chi connectivity index (χ4v) is 4.27. The molecule has 4 rings (SSSR count). The Bertz CT molecular complexity index is 1140. The van der Waals surface area contributed by atoms with Crippen molar-refractivity contribution in [3.8, 4) is 5.75 Å². The topological polar surface area (TPSA) is 45.1 Å². The van der Waals surface area contributed by atoms with Crippen LogP contribution in [0.25, 0.3) is 0 Å². The van der Waals surface area contributed by atoms with E-state index in [2.05, 4.69) is 32.0 Å². The molecule has 3 aromatic carbocycles. The predicted octanol–water partition coefficient (Wildman–Crippen LogP) is 5.13. The molecule has 1 atom stereocenters. The highest BCUT2D eigenvalue weighted by atomic mass is 16.5. The Balaban J connectivity index is 1.68. The molecule has 1 aliphatic heterocycles. The number of para-hydroxylation sites is 2.